The third-order valence-corrected chi connectivity index (χ3v) is 3.00. The summed E-state index contributed by atoms with van der Waals surface area (Å²) in [5.41, 5.74) is 1.63. The van der Waals surface area contributed by atoms with Crippen LogP contribution in [0.1, 0.15) is 24.1 Å². The second-order valence-electron chi connectivity index (χ2n) is 4.52. The maximum atomic E-state index is 11.4. The summed E-state index contributed by atoms with van der Waals surface area (Å²) in [6, 6.07) is 10.0. The van der Waals surface area contributed by atoms with Gasteiger partial charge in [-0.15, -0.1) is 0 Å². The van der Waals surface area contributed by atoms with E-state index in [2.05, 4.69) is 10.3 Å². The lowest BCUT2D eigenvalue weighted by atomic mass is 10.1. The molecule has 0 spiro atoms. The molecule has 2 rings (SSSR count). The minimum absolute atomic E-state index is 0.442. The molecule has 0 amide bonds. The van der Waals surface area contributed by atoms with Gasteiger partial charge in [-0.05, 0) is 36.2 Å². The summed E-state index contributed by atoms with van der Waals surface area (Å²) in [6.45, 7) is 2.93. The number of carboxylic acid groups (broad SMARTS) is 1. The van der Waals surface area contributed by atoms with Gasteiger partial charge in [0.05, 0.1) is 6.61 Å². The molecule has 2 N–H and O–H groups in total. The zero-order valence-electron chi connectivity index (χ0n) is 11.8. The standard InChI is InChI=1S/C16H18N2O3/c1-2-21-14-7-5-13(6-8-14)15(16(19)20)18-11-12-4-3-9-17-10-12/h3-10,15,18H,2,11H2,1H3,(H,19,20). The molecular weight excluding hydrogens is 268 g/mol. The lowest BCUT2D eigenvalue weighted by Crippen LogP contribution is -2.28. The molecule has 0 aliphatic heterocycles. The average Bonchev–Trinajstić information content (AvgIpc) is 2.50. The Kier molecular flexibility index (Phi) is 5.29. The molecule has 1 atom stereocenters. The molecule has 1 unspecified atom stereocenters. The average molecular weight is 286 g/mol. The van der Waals surface area contributed by atoms with Gasteiger partial charge < -0.3 is 9.84 Å². The molecule has 0 saturated heterocycles. The second-order valence-corrected chi connectivity index (χ2v) is 4.52. The van der Waals surface area contributed by atoms with Crippen LogP contribution in [0, 0.1) is 0 Å². The third kappa shape index (κ3) is 4.29. The van der Waals surface area contributed by atoms with Crippen molar-refractivity contribution in [2.24, 2.45) is 0 Å². The highest BCUT2D eigenvalue weighted by atomic mass is 16.5. The molecule has 5 heteroatoms. The van der Waals surface area contributed by atoms with Gasteiger partial charge in [-0.25, -0.2) is 0 Å². The first-order valence-corrected chi connectivity index (χ1v) is 6.78. The molecule has 21 heavy (non-hydrogen) atoms. The number of ether oxygens (including phenoxy) is 1. The zero-order chi connectivity index (χ0) is 15.1. The van der Waals surface area contributed by atoms with Crippen LogP contribution in [-0.2, 0) is 11.3 Å². The number of rotatable bonds is 7. The number of hydrogen-bond donors (Lipinski definition) is 2. The van der Waals surface area contributed by atoms with Crippen LogP contribution in [0.4, 0.5) is 0 Å². The lowest BCUT2D eigenvalue weighted by molar-refractivity contribution is -0.139. The summed E-state index contributed by atoms with van der Waals surface area (Å²) < 4.78 is 5.35. The summed E-state index contributed by atoms with van der Waals surface area (Å²) in [6.07, 6.45) is 3.40. The number of carboxylic acids is 1. The fourth-order valence-corrected chi connectivity index (χ4v) is 1.99. The van der Waals surface area contributed by atoms with Crippen LogP contribution in [0.2, 0.25) is 0 Å². The molecule has 1 heterocycles. The third-order valence-electron chi connectivity index (χ3n) is 3.00. The number of hydrogen-bond acceptors (Lipinski definition) is 4. The Balaban J connectivity index is 2.06. The van der Waals surface area contributed by atoms with E-state index in [1.54, 1.807) is 36.7 Å². The Hall–Kier alpha value is -2.40. The molecule has 0 radical (unpaired) electrons. The first-order valence-electron chi connectivity index (χ1n) is 6.78. The summed E-state index contributed by atoms with van der Waals surface area (Å²) >= 11 is 0. The SMILES string of the molecule is CCOc1ccc(C(NCc2cccnc2)C(=O)O)cc1. The van der Waals surface area contributed by atoms with Crippen molar-refractivity contribution >= 4 is 5.97 Å². The highest BCUT2D eigenvalue weighted by Crippen LogP contribution is 2.18. The van der Waals surface area contributed by atoms with Crippen molar-refractivity contribution in [3.8, 4) is 5.75 Å². The van der Waals surface area contributed by atoms with Gasteiger partial charge in [-0.3, -0.25) is 15.1 Å². The van der Waals surface area contributed by atoms with Gasteiger partial charge in [0.25, 0.3) is 0 Å². The number of pyridine rings is 1. The Bertz CT molecular complexity index is 570. The first-order chi connectivity index (χ1) is 10.2. The molecule has 0 fully saturated rings. The Morgan fingerprint density at radius 3 is 2.67 bits per heavy atom. The van der Waals surface area contributed by atoms with Crippen molar-refractivity contribution in [1.29, 1.82) is 0 Å². The van der Waals surface area contributed by atoms with E-state index in [1.165, 1.54) is 0 Å². The van der Waals surface area contributed by atoms with Crippen LogP contribution in [-0.4, -0.2) is 22.7 Å². The van der Waals surface area contributed by atoms with Crippen LogP contribution in [0.3, 0.4) is 0 Å². The number of aliphatic carboxylic acids is 1. The van der Waals surface area contributed by atoms with Crippen molar-refractivity contribution in [1.82, 2.24) is 10.3 Å². The minimum atomic E-state index is -0.914. The zero-order valence-corrected chi connectivity index (χ0v) is 11.8. The van der Waals surface area contributed by atoms with Crippen molar-refractivity contribution in [2.45, 2.75) is 19.5 Å². The van der Waals surface area contributed by atoms with Crippen molar-refractivity contribution in [3.05, 3.63) is 59.9 Å². The first kappa shape index (κ1) is 15.0. The highest BCUT2D eigenvalue weighted by Gasteiger charge is 2.19. The van der Waals surface area contributed by atoms with Crippen LogP contribution < -0.4 is 10.1 Å². The molecule has 1 aromatic carbocycles. The fourth-order valence-electron chi connectivity index (χ4n) is 1.99. The van der Waals surface area contributed by atoms with E-state index in [9.17, 15) is 9.90 Å². The molecular formula is C16H18N2O3. The predicted molar refractivity (Wildman–Crippen MR) is 79.1 cm³/mol. The fraction of sp³-hybridized carbons (Fsp3) is 0.250. The summed E-state index contributed by atoms with van der Waals surface area (Å²) in [7, 11) is 0. The highest BCUT2D eigenvalue weighted by molar-refractivity contribution is 5.75. The van der Waals surface area contributed by atoms with Crippen molar-refractivity contribution < 1.29 is 14.6 Å². The molecule has 5 nitrogen and oxygen atoms in total. The largest absolute Gasteiger partial charge is 0.494 e. The monoisotopic (exact) mass is 286 g/mol. The van der Waals surface area contributed by atoms with Crippen molar-refractivity contribution in [3.63, 3.8) is 0 Å². The molecule has 0 bridgehead atoms. The molecule has 110 valence electrons. The van der Waals surface area contributed by atoms with Gasteiger partial charge in [0.1, 0.15) is 11.8 Å². The van der Waals surface area contributed by atoms with Crippen LogP contribution in [0.5, 0.6) is 5.75 Å². The number of nitrogens with zero attached hydrogens (tertiary/aromatic N) is 1. The van der Waals surface area contributed by atoms with E-state index >= 15 is 0 Å². The quantitative estimate of drug-likeness (QED) is 0.817. The molecule has 1 aromatic heterocycles. The number of benzene rings is 1. The van der Waals surface area contributed by atoms with Gasteiger partial charge in [-0.2, -0.15) is 0 Å². The topological polar surface area (TPSA) is 71.5 Å². The molecule has 0 aliphatic carbocycles. The number of aromatic nitrogens is 1. The van der Waals surface area contributed by atoms with Crippen LogP contribution in [0.15, 0.2) is 48.8 Å². The summed E-state index contributed by atoms with van der Waals surface area (Å²) in [5.74, 6) is -0.180. The minimum Gasteiger partial charge on any atom is -0.494 e. The van der Waals surface area contributed by atoms with Crippen LogP contribution >= 0.6 is 0 Å². The van der Waals surface area contributed by atoms with E-state index in [4.69, 9.17) is 4.74 Å². The summed E-state index contributed by atoms with van der Waals surface area (Å²) in [5, 5.41) is 12.4. The maximum absolute atomic E-state index is 11.4. The van der Waals surface area contributed by atoms with E-state index in [1.807, 2.05) is 19.1 Å². The Morgan fingerprint density at radius 2 is 2.10 bits per heavy atom. The lowest BCUT2D eigenvalue weighted by Gasteiger charge is -2.15. The van der Waals surface area contributed by atoms with Crippen molar-refractivity contribution in [2.75, 3.05) is 6.61 Å². The van der Waals surface area contributed by atoms with E-state index in [0.29, 0.717) is 18.7 Å². The van der Waals surface area contributed by atoms with Crippen LogP contribution in [0.25, 0.3) is 0 Å². The van der Waals surface area contributed by atoms with Gasteiger partial charge in [0.15, 0.2) is 0 Å². The maximum Gasteiger partial charge on any atom is 0.325 e. The second kappa shape index (κ2) is 7.40. The Morgan fingerprint density at radius 1 is 1.33 bits per heavy atom. The van der Waals surface area contributed by atoms with E-state index in [0.717, 1.165) is 11.3 Å². The Labute approximate surface area is 123 Å². The van der Waals surface area contributed by atoms with Gasteiger partial charge >= 0.3 is 5.97 Å². The molecule has 2 aromatic rings. The molecule has 0 saturated carbocycles. The number of nitrogens with one attached hydrogen (secondary N) is 1. The van der Waals surface area contributed by atoms with Gasteiger partial charge in [0.2, 0.25) is 0 Å². The van der Waals surface area contributed by atoms with Gasteiger partial charge in [-0.1, -0.05) is 18.2 Å². The summed E-state index contributed by atoms with van der Waals surface area (Å²) in [4.78, 5) is 15.4. The van der Waals surface area contributed by atoms with Gasteiger partial charge in [0, 0.05) is 18.9 Å². The van der Waals surface area contributed by atoms with E-state index in [-0.39, 0.29) is 0 Å². The number of carbonyl (C=O) groups is 1. The van der Waals surface area contributed by atoms with E-state index < -0.39 is 12.0 Å². The normalized spacial score (nSPS) is 11.9. The smallest absolute Gasteiger partial charge is 0.325 e. The predicted octanol–water partition coefficient (Wildman–Crippen LogP) is 2.40. The molecule has 0 aliphatic rings.